The van der Waals surface area contributed by atoms with Crippen molar-refractivity contribution in [3.8, 4) is 11.3 Å². The van der Waals surface area contributed by atoms with E-state index < -0.39 is 10.0 Å². The molecule has 8 nitrogen and oxygen atoms in total. The van der Waals surface area contributed by atoms with Crippen LogP contribution in [0.3, 0.4) is 0 Å². The maximum Gasteiger partial charge on any atom is 0.252 e. The number of thioether (sulfide) groups is 1. The summed E-state index contributed by atoms with van der Waals surface area (Å²) in [6.45, 7) is 1.92. The number of nitrogens with zero attached hydrogens (tertiary/aromatic N) is 6. The molecule has 0 aliphatic carbocycles. The largest absolute Gasteiger partial charge is 0.344 e. The highest BCUT2D eigenvalue weighted by atomic mass is 35.5. The van der Waals surface area contributed by atoms with Crippen LogP contribution in [0.15, 0.2) is 57.3 Å². The molecule has 3 aromatic heterocycles. The molecule has 0 N–H and O–H groups in total. The Morgan fingerprint density at radius 2 is 1.86 bits per heavy atom. The van der Waals surface area contributed by atoms with Gasteiger partial charge in [0.25, 0.3) is 10.0 Å². The predicted molar refractivity (Wildman–Crippen MR) is 142 cm³/mol. The van der Waals surface area contributed by atoms with Crippen molar-refractivity contribution in [2.45, 2.75) is 15.8 Å². The van der Waals surface area contributed by atoms with Crippen molar-refractivity contribution in [3.63, 3.8) is 0 Å². The third-order valence-corrected chi connectivity index (χ3v) is 10.5. The van der Waals surface area contributed by atoms with E-state index in [0.717, 1.165) is 27.8 Å². The fourth-order valence-electron chi connectivity index (χ4n) is 3.66. The van der Waals surface area contributed by atoms with Crippen LogP contribution in [0.1, 0.15) is 11.4 Å². The zero-order valence-corrected chi connectivity index (χ0v) is 22.7. The van der Waals surface area contributed by atoms with Gasteiger partial charge in [0.15, 0.2) is 5.16 Å². The molecule has 0 bridgehead atoms. The summed E-state index contributed by atoms with van der Waals surface area (Å²) in [5, 5.41) is 4.00. The highest BCUT2D eigenvalue weighted by Crippen LogP contribution is 2.31. The topological polar surface area (TPSA) is 92.2 Å². The number of thiophene rings is 1. The van der Waals surface area contributed by atoms with E-state index in [1.807, 2.05) is 35.9 Å². The Labute approximate surface area is 221 Å². The van der Waals surface area contributed by atoms with Crippen molar-refractivity contribution < 1.29 is 8.42 Å². The smallest absolute Gasteiger partial charge is 0.252 e. The Morgan fingerprint density at radius 3 is 2.60 bits per heavy atom. The van der Waals surface area contributed by atoms with E-state index in [9.17, 15) is 8.42 Å². The van der Waals surface area contributed by atoms with Crippen molar-refractivity contribution in [2.24, 2.45) is 0 Å². The Morgan fingerprint density at radius 1 is 1.09 bits per heavy atom. The summed E-state index contributed by atoms with van der Waals surface area (Å²) in [4.78, 5) is 15.4. The average molecular weight is 565 g/mol. The Kier molecular flexibility index (Phi) is 7.37. The lowest BCUT2D eigenvalue weighted by Crippen LogP contribution is -2.48. The maximum atomic E-state index is 13.3. The third kappa shape index (κ3) is 5.52. The van der Waals surface area contributed by atoms with Crippen molar-refractivity contribution in [1.29, 1.82) is 0 Å². The minimum absolute atomic E-state index is 0.325. The van der Waals surface area contributed by atoms with E-state index in [4.69, 9.17) is 11.6 Å². The lowest BCUT2D eigenvalue weighted by molar-refractivity contribution is 0.385. The summed E-state index contributed by atoms with van der Waals surface area (Å²) in [6.07, 6.45) is 4.23. The number of sulfonamides is 1. The van der Waals surface area contributed by atoms with Crippen LogP contribution in [0.25, 0.3) is 11.3 Å². The SMILES string of the molecule is CSc1nccc(-c2csc(S(=O)(=O)N3CCN(c4nc(Cc5ccc(Cl)cc5)ns4)CC3)c2)n1. The maximum absolute atomic E-state index is 13.3. The van der Waals surface area contributed by atoms with Gasteiger partial charge in [-0.05, 0) is 36.1 Å². The third-order valence-electron chi connectivity index (χ3n) is 5.52. The molecule has 5 rings (SSSR count). The standard InChI is InChI=1S/C22H21ClN6O2S4/c1-32-21-24-7-6-18(25-21)16-13-20(33-14-16)35(30,31)29-10-8-28(9-11-29)22-26-19(27-34-22)12-15-2-4-17(23)5-3-15/h2-7,13-14H,8-12H2,1H3. The van der Waals surface area contributed by atoms with Gasteiger partial charge in [-0.1, -0.05) is 35.5 Å². The molecular formula is C22H21ClN6O2S4. The molecule has 4 aromatic rings. The fourth-order valence-corrected chi connectivity index (χ4v) is 7.63. The first-order chi connectivity index (χ1) is 16.9. The van der Waals surface area contributed by atoms with E-state index in [1.54, 1.807) is 22.6 Å². The molecule has 35 heavy (non-hydrogen) atoms. The first kappa shape index (κ1) is 24.6. The van der Waals surface area contributed by atoms with Crippen LogP contribution in [0.4, 0.5) is 5.13 Å². The van der Waals surface area contributed by atoms with Gasteiger partial charge in [-0.2, -0.15) is 8.68 Å². The summed E-state index contributed by atoms with van der Waals surface area (Å²) in [5.74, 6) is 0.753. The van der Waals surface area contributed by atoms with Crippen molar-refractivity contribution in [2.75, 3.05) is 37.3 Å². The minimum atomic E-state index is -3.58. The van der Waals surface area contributed by atoms with Gasteiger partial charge in [0, 0.05) is 66.3 Å². The summed E-state index contributed by atoms with van der Waals surface area (Å²) >= 11 is 9.97. The number of hydrogen-bond donors (Lipinski definition) is 0. The van der Waals surface area contributed by atoms with Gasteiger partial charge in [0.05, 0.1) is 5.69 Å². The van der Waals surface area contributed by atoms with Crippen LogP contribution in [-0.4, -0.2) is 64.5 Å². The number of halogens is 1. The minimum Gasteiger partial charge on any atom is -0.344 e. The number of anilines is 1. The first-order valence-electron chi connectivity index (χ1n) is 10.7. The second-order valence-electron chi connectivity index (χ2n) is 7.77. The zero-order valence-electron chi connectivity index (χ0n) is 18.7. The molecule has 1 aliphatic heterocycles. The molecule has 4 heterocycles. The summed E-state index contributed by atoms with van der Waals surface area (Å²) in [6, 6.07) is 11.1. The fraction of sp³-hybridized carbons (Fsp3) is 0.273. The molecule has 0 radical (unpaired) electrons. The molecule has 13 heteroatoms. The quantitative estimate of drug-likeness (QED) is 0.239. The highest BCUT2D eigenvalue weighted by molar-refractivity contribution is 7.98. The molecular weight excluding hydrogens is 544 g/mol. The van der Waals surface area contributed by atoms with Crippen LogP contribution in [0, 0.1) is 0 Å². The van der Waals surface area contributed by atoms with E-state index >= 15 is 0 Å². The van der Waals surface area contributed by atoms with Gasteiger partial charge < -0.3 is 4.90 Å². The van der Waals surface area contributed by atoms with E-state index in [-0.39, 0.29) is 0 Å². The Hall–Kier alpha value is -2.09. The van der Waals surface area contributed by atoms with E-state index in [2.05, 4.69) is 24.2 Å². The van der Waals surface area contributed by atoms with Crippen molar-refractivity contribution in [1.82, 2.24) is 23.6 Å². The monoisotopic (exact) mass is 564 g/mol. The number of benzene rings is 1. The molecule has 0 atom stereocenters. The van der Waals surface area contributed by atoms with Crippen LogP contribution >= 0.6 is 46.2 Å². The molecule has 1 saturated heterocycles. The van der Waals surface area contributed by atoms with Crippen LogP contribution in [0.2, 0.25) is 5.02 Å². The van der Waals surface area contributed by atoms with Crippen LogP contribution < -0.4 is 4.90 Å². The second-order valence-corrected chi connectivity index (χ2v) is 12.8. The summed E-state index contributed by atoms with van der Waals surface area (Å²) in [7, 11) is -3.58. The van der Waals surface area contributed by atoms with E-state index in [0.29, 0.717) is 47.0 Å². The molecule has 0 amide bonds. The average Bonchev–Trinajstić information content (AvgIpc) is 3.56. The number of aromatic nitrogens is 4. The predicted octanol–water partition coefficient (Wildman–Crippen LogP) is 4.53. The van der Waals surface area contributed by atoms with Crippen LogP contribution in [0.5, 0.6) is 0 Å². The molecule has 0 spiro atoms. The molecule has 1 aromatic carbocycles. The Balaban J connectivity index is 1.23. The highest BCUT2D eigenvalue weighted by Gasteiger charge is 2.31. The molecule has 1 aliphatic rings. The second kappa shape index (κ2) is 10.5. The lowest BCUT2D eigenvalue weighted by Gasteiger charge is -2.33. The molecule has 0 saturated carbocycles. The van der Waals surface area contributed by atoms with Crippen molar-refractivity contribution in [3.05, 3.63) is 64.4 Å². The molecule has 1 fully saturated rings. The van der Waals surface area contributed by atoms with Crippen molar-refractivity contribution >= 4 is 61.4 Å². The number of hydrogen-bond acceptors (Lipinski definition) is 10. The number of piperazine rings is 1. The first-order valence-corrected chi connectivity index (χ1v) is 15.4. The number of rotatable bonds is 7. The zero-order chi connectivity index (χ0) is 24.4. The Bertz CT molecular complexity index is 1420. The van der Waals surface area contributed by atoms with Gasteiger partial charge in [-0.15, -0.1) is 11.3 Å². The van der Waals surface area contributed by atoms with Gasteiger partial charge in [-0.25, -0.2) is 23.4 Å². The van der Waals surface area contributed by atoms with Gasteiger partial charge in [0.2, 0.25) is 5.13 Å². The normalized spacial score (nSPS) is 15.0. The molecule has 0 unspecified atom stereocenters. The van der Waals surface area contributed by atoms with Gasteiger partial charge >= 0.3 is 0 Å². The van der Waals surface area contributed by atoms with Crippen LogP contribution in [-0.2, 0) is 16.4 Å². The lowest BCUT2D eigenvalue weighted by atomic mass is 10.1. The van der Waals surface area contributed by atoms with Gasteiger partial charge in [0.1, 0.15) is 10.0 Å². The summed E-state index contributed by atoms with van der Waals surface area (Å²) < 4.78 is 32.9. The molecule has 182 valence electrons. The van der Waals surface area contributed by atoms with E-state index in [1.165, 1.54) is 34.6 Å². The summed E-state index contributed by atoms with van der Waals surface area (Å²) in [5.41, 5.74) is 2.60. The van der Waals surface area contributed by atoms with Gasteiger partial charge in [-0.3, -0.25) is 0 Å².